The number of hydrogen-bond donors (Lipinski definition) is 0. The smallest absolute Gasteiger partial charge is 0.228 e. The molecule has 2 heterocycles. The highest BCUT2D eigenvalue weighted by molar-refractivity contribution is 9.10. The van der Waals surface area contributed by atoms with Crippen LogP contribution >= 0.6 is 15.9 Å². The molecule has 1 fully saturated rings. The highest BCUT2D eigenvalue weighted by Crippen LogP contribution is 2.32. The van der Waals surface area contributed by atoms with E-state index in [1.165, 1.54) is 0 Å². The number of anilines is 1. The Morgan fingerprint density at radius 1 is 1.42 bits per heavy atom. The number of rotatable bonds is 1. The van der Waals surface area contributed by atoms with Crippen LogP contribution in [0, 0.1) is 18.3 Å². The van der Waals surface area contributed by atoms with Crippen LogP contribution < -0.4 is 4.90 Å². The number of pyridine rings is 1. The van der Waals surface area contributed by atoms with Crippen LogP contribution in [0.15, 0.2) is 34.9 Å². The van der Waals surface area contributed by atoms with Gasteiger partial charge in [-0.05, 0) is 24.3 Å². The fourth-order valence-electron chi connectivity index (χ4n) is 2.39. The van der Waals surface area contributed by atoms with E-state index in [9.17, 15) is 4.79 Å². The van der Waals surface area contributed by atoms with Crippen molar-refractivity contribution >= 4 is 38.4 Å². The lowest BCUT2D eigenvalue weighted by molar-refractivity contribution is -0.117. The van der Waals surface area contributed by atoms with Gasteiger partial charge in [0.2, 0.25) is 5.91 Å². The fraction of sp³-hybridized carbons (Fsp3) is 0.200. The maximum absolute atomic E-state index is 12.1. The van der Waals surface area contributed by atoms with Crippen molar-refractivity contribution in [3.63, 3.8) is 0 Å². The van der Waals surface area contributed by atoms with E-state index in [1.54, 1.807) is 11.1 Å². The number of nitrogens with zero attached hydrogens (tertiary/aromatic N) is 2. The quantitative estimate of drug-likeness (QED) is 0.758. The second-order valence-corrected chi connectivity index (χ2v) is 5.48. The van der Waals surface area contributed by atoms with Crippen LogP contribution in [-0.2, 0) is 4.79 Å². The largest absolute Gasteiger partial charge is 0.310 e. The van der Waals surface area contributed by atoms with Gasteiger partial charge < -0.3 is 4.90 Å². The molecule has 1 saturated heterocycles. The second-order valence-electron chi connectivity index (χ2n) is 4.56. The molecule has 0 bridgehead atoms. The molecule has 1 aliphatic rings. The zero-order chi connectivity index (χ0) is 13.4. The van der Waals surface area contributed by atoms with Gasteiger partial charge >= 0.3 is 0 Å². The van der Waals surface area contributed by atoms with Crippen LogP contribution in [0.2, 0.25) is 0 Å². The molecular weight excluding hydrogens is 304 g/mol. The summed E-state index contributed by atoms with van der Waals surface area (Å²) in [5.41, 5.74) is 1.76. The number of hydrogen-bond acceptors (Lipinski definition) is 2. The molecule has 1 aromatic carbocycles. The molecule has 1 atom stereocenters. The molecule has 1 amide bonds. The maximum Gasteiger partial charge on any atom is 0.228 e. The van der Waals surface area contributed by atoms with Crippen LogP contribution in [0.5, 0.6) is 0 Å². The Balaban J connectivity index is 2.13. The summed E-state index contributed by atoms with van der Waals surface area (Å²) in [5, 5.41) is 0.961. The molecule has 0 spiro atoms. The van der Waals surface area contributed by atoms with Crippen LogP contribution in [0.1, 0.15) is 6.42 Å². The van der Waals surface area contributed by atoms with Gasteiger partial charge in [0.25, 0.3) is 0 Å². The van der Waals surface area contributed by atoms with Gasteiger partial charge in [-0.2, -0.15) is 0 Å². The highest BCUT2D eigenvalue weighted by Gasteiger charge is 2.30. The average molecular weight is 315 g/mol. The zero-order valence-electron chi connectivity index (χ0n) is 10.1. The highest BCUT2D eigenvalue weighted by atomic mass is 79.9. The molecule has 0 N–H and O–H groups in total. The summed E-state index contributed by atoms with van der Waals surface area (Å²) in [4.78, 5) is 18.2. The van der Waals surface area contributed by atoms with Crippen LogP contribution in [0.4, 0.5) is 5.69 Å². The SMILES string of the molecule is C#CC1CC(=O)N(c2ccnc3ccc(Br)cc23)C1. The Hall–Kier alpha value is -1.86. The normalized spacial score (nSPS) is 18.8. The molecule has 1 aliphatic heterocycles. The molecule has 19 heavy (non-hydrogen) atoms. The minimum absolute atomic E-state index is 0.00266. The lowest BCUT2D eigenvalue weighted by Gasteiger charge is -2.18. The molecule has 0 radical (unpaired) electrons. The Kier molecular flexibility index (Phi) is 3.00. The van der Waals surface area contributed by atoms with E-state index in [0.717, 1.165) is 21.1 Å². The van der Waals surface area contributed by atoms with Gasteiger partial charge in [-0.3, -0.25) is 9.78 Å². The van der Waals surface area contributed by atoms with Crippen molar-refractivity contribution < 1.29 is 4.79 Å². The van der Waals surface area contributed by atoms with Crippen molar-refractivity contribution in [1.82, 2.24) is 4.98 Å². The minimum Gasteiger partial charge on any atom is -0.310 e. The summed E-state index contributed by atoms with van der Waals surface area (Å²) in [5.74, 6) is 2.75. The van der Waals surface area contributed by atoms with Gasteiger partial charge in [-0.15, -0.1) is 12.3 Å². The van der Waals surface area contributed by atoms with E-state index in [-0.39, 0.29) is 11.8 Å². The molecule has 3 nitrogen and oxygen atoms in total. The Bertz CT molecular complexity index is 705. The predicted molar refractivity (Wildman–Crippen MR) is 78.7 cm³/mol. The lowest BCUT2D eigenvalue weighted by atomic mass is 10.1. The summed E-state index contributed by atoms with van der Waals surface area (Å²) in [6, 6.07) is 7.72. The van der Waals surface area contributed by atoms with E-state index < -0.39 is 0 Å². The number of carbonyl (C=O) groups is 1. The van der Waals surface area contributed by atoms with Crippen molar-refractivity contribution in [2.24, 2.45) is 5.92 Å². The number of amides is 1. The number of aromatic nitrogens is 1. The summed E-state index contributed by atoms with van der Waals surface area (Å²) in [6.45, 7) is 0.584. The summed E-state index contributed by atoms with van der Waals surface area (Å²) >= 11 is 3.45. The molecule has 2 aromatic rings. The van der Waals surface area contributed by atoms with Gasteiger partial charge in [0.05, 0.1) is 11.2 Å². The molecule has 0 aliphatic carbocycles. The monoisotopic (exact) mass is 314 g/mol. The lowest BCUT2D eigenvalue weighted by Crippen LogP contribution is -2.24. The van der Waals surface area contributed by atoms with Crippen LogP contribution in [0.25, 0.3) is 10.9 Å². The summed E-state index contributed by atoms with van der Waals surface area (Å²) in [7, 11) is 0. The standard InChI is InChI=1S/C15H11BrN2O/c1-2-10-7-15(19)18(9-10)14-5-6-17-13-4-3-11(16)8-12(13)14/h1,3-6,8,10H,7,9H2. The molecule has 1 aromatic heterocycles. The van der Waals surface area contributed by atoms with Gasteiger partial charge in [0, 0.05) is 34.9 Å². The third kappa shape index (κ3) is 2.11. The van der Waals surface area contributed by atoms with Crippen molar-refractivity contribution in [2.75, 3.05) is 11.4 Å². The Morgan fingerprint density at radius 3 is 3.00 bits per heavy atom. The molecule has 0 saturated carbocycles. The predicted octanol–water partition coefficient (Wildman–Crippen LogP) is 2.98. The zero-order valence-corrected chi connectivity index (χ0v) is 11.7. The van der Waals surface area contributed by atoms with Crippen molar-refractivity contribution in [2.45, 2.75) is 6.42 Å². The third-order valence-electron chi connectivity index (χ3n) is 3.33. The first kappa shape index (κ1) is 12.2. The van der Waals surface area contributed by atoms with Crippen LogP contribution in [0.3, 0.4) is 0 Å². The first-order valence-corrected chi connectivity index (χ1v) is 6.79. The fourth-order valence-corrected chi connectivity index (χ4v) is 2.75. The number of terminal acetylenes is 1. The minimum atomic E-state index is 0.00266. The topological polar surface area (TPSA) is 33.2 Å². The van der Waals surface area contributed by atoms with E-state index in [0.29, 0.717) is 13.0 Å². The summed E-state index contributed by atoms with van der Waals surface area (Å²) < 4.78 is 0.967. The van der Waals surface area contributed by atoms with Crippen molar-refractivity contribution in [3.8, 4) is 12.3 Å². The van der Waals surface area contributed by atoms with Crippen molar-refractivity contribution in [1.29, 1.82) is 0 Å². The molecule has 3 rings (SSSR count). The Morgan fingerprint density at radius 2 is 2.26 bits per heavy atom. The van der Waals surface area contributed by atoms with E-state index in [2.05, 4.69) is 26.8 Å². The molecule has 1 unspecified atom stereocenters. The average Bonchev–Trinajstić information content (AvgIpc) is 2.79. The number of fused-ring (bicyclic) bond motifs is 1. The number of benzene rings is 1. The van der Waals surface area contributed by atoms with Crippen molar-refractivity contribution in [3.05, 3.63) is 34.9 Å². The first-order chi connectivity index (χ1) is 9.19. The number of carbonyl (C=O) groups excluding carboxylic acids is 1. The van der Waals surface area contributed by atoms with Gasteiger partial charge in [0.15, 0.2) is 0 Å². The first-order valence-electron chi connectivity index (χ1n) is 6.00. The van der Waals surface area contributed by atoms with E-state index in [1.807, 2.05) is 24.3 Å². The maximum atomic E-state index is 12.1. The van der Waals surface area contributed by atoms with E-state index >= 15 is 0 Å². The van der Waals surface area contributed by atoms with E-state index in [4.69, 9.17) is 6.42 Å². The molecular formula is C15H11BrN2O. The van der Waals surface area contributed by atoms with Gasteiger partial charge in [0.1, 0.15) is 0 Å². The summed E-state index contributed by atoms with van der Waals surface area (Å²) in [6.07, 6.45) is 7.57. The Labute approximate surface area is 119 Å². The third-order valence-corrected chi connectivity index (χ3v) is 3.83. The molecule has 94 valence electrons. The van der Waals surface area contributed by atoms with Gasteiger partial charge in [-0.25, -0.2) is 0 Å². The molecule has 4 heteroatoms. The number of halogens is 1. The van der Waals surface area contributed by atoms with Gasteiger partial charge in [-0.1, -0.05) is 15.9 Å². The second kappa shape index (κ2) is 4.67. The van der Waals surface area contributed by atoms with Crippen LogP contribution in [-0.4, -0.2) is 17.4 Å².